The summed E-state index contributed by atoms with van der Waals surface area (Å²) in [7, 11) is 0. The van der Waals surface area contributed by atoms with E-state index in [2.05, 4.69) is 6.92 Å². The third kappa shape index (κ3) is 2.18. The van der Waals surface area contributed by atoms with Crippen molar-refractivity contribution >= 4 is 0 Å². The van der Waals surface area contributed by atoms with Gasteiger partial charge in [-0.2, -0.15) is 0 Å². The summed E-state index contributed by atoms with van der Waals surface area (Å²) in [6.45, 7) is 6.19. The van der Waals surface area contributed by atoms with Gasteiger partial charge in [0.2, 0.25) is 5.92 Å². The molecule has 0 amide bonds. The van der Waals surface area contributed by atoms with Crippen LogP contribution in [0.5, 0.6) is 0 Å². The topological polar surface area (TPSA) is 0 Å². The Kier molecular flexibility index (Phi) is 2.74. The molecule has 0 aromatic carbocycles. The summed E-state index contributed by atoms with van der Waals surface area (Å²) in [6.07, 6.45) is 0.888. The van der Waals surface area contributed by atoms with E-state index in [4.69, 9.17) is 0 Å². The lowest BCUT2D eigenvalue weighted by molar-refractivity contribution is -0.0755. The van der Waals surface area contributed by atoms with Crippen molar-refractivity contribution in [1.29, 1.82) is 0 Å². The van der Waals surface area contributed by atoms with E-state index < -0.39 is 5.92 Å². The van der Waals surface area contributed by atoms with Crippen LogP contribution in [0.3, 0.4) is 0 Å². The molecule has 1 aliphatic carbocycles. The van der Waals surface area contributed by atoms with Crippen LogP contribution in [-0.4, -0.2) is 5.92 Å². The predicted molar refractivity (Wildman–Crippen MR) is 46.3 cm³/mol. The van der Waals surface area contributed by atoms with Crippen molar-refractivity contribution in [2.45, 2.75) is 46.0 Å². The normalized spacial score (nSPS) is 35.5. The fourth-order valence-electron chi connectivity index (χ4n) is 2.19. The quantitative estimate of drug-likeness (QED) is 0.571. The molecule has 12 heavy (non-hydrogen) atoms. The third-order valence-electron chi connectivity index (χ3n) is 3.09. The number of hydrogen-bond acceptors (Lipinski definition) is 0. The van der Waals surface area contributed by atoms with Crippen LogP contribution in [0.15, 0.2) is 0 Å². The number of hydrogen-bond donors (Lipinski definition) is 0. The Bertz CT molecular complexity index is 152. The zero-order chi connectivity index (χ0) is 9.35. The van der Waals surface area contributed by atoms with Gasteiger partial charge in [0.15, 0.2) is 0 Å². The molecule has 1 aliphatic rings. The monoisotopic (exact) mass is 176 g/mol. The highest BCUT2D eigenvalue weighted by molar-refractivity contribution is 4.83. The van der Waals surface area contributed by atoms with Gasteiger partial charge < -0.3 is 0 Å². The molecule has 0 heterocycles. The molecule has 72 valence electrons. The van der Waals surface area contributed by atoms with Crippen LogP contribution < -0.4 is 0 Å². The smallest absolute Gasteiger partial charge is 0.207 e. The molecular formula is C10H18F2. The van der Waals surface area contributed by atoms with Gasteiger partial charge in [-0.25, -0.2) is 8.78 Å². The van der Waals surface area contributed by atoms with Gasteiger partial charge in [0, 0.05) is 12.8 Å². The zero-order valence-corrected chi connectivity index (χ0v) is 8.11. The molecule has 1 saturated carbocycles. The van der Waals surface area contributed by atoms with Crippen molar-refractivity contribution in [2.75, 3.05) is 0 Å². The highest BCUT2D eigenvalue weighted by Gasteiger charge is 2.40. The van der Waals surface area contributed by atoms with E-state index in [-0.39, 0.29) is 18.8 Å². The lowest BCUT2D eigenvalue weighted by Gasteiger charge is -2.36. The first-order valence-corrected chi connectivity index (χ1v) is 4.80. The minimum Gasteiger partial charge on any atom is -0.207 e. The SMILES string of the molecule is CC(C)C1CC(F)(F)CCC1C. The Morgan fingerprint density at radius 3 is 2.33 bits per heavy atom. The Morgan fingerprint density at radius 1 is 1.33 bits per heavy atom. The number of alkyl halides is 2. The van der Waals surface area contributed by atoms with Crippen molar-refractivity contribution in [1.82, 2.24) is 0 Å². The van der Waals surface area contributed by atoms with Gasteiger partial charge in [0.25, 0.3) is 0 Å². The standard InChI is InChI=1S/C10H18F2/c1-7(2)9-6-10(11,12)5-4-8(9)3/h7-9H,4-6H2,1-3H3. The van der Waals surface area contributed by atoms with Gasteiger partial charge in [-0.05, 0) is 24.2 Å². The molecule has 1 fully saturated rings. The van der Waals surface area contributed by atoms with E-state index in [9.17, 15) is 8.78 Å². The Balaban J connectivity index is 2.59. The maximum atomic E-state index is 13.0. The second-order valence-electron chi connectivity index (χ2n) is 4.48. The van der Waals surface area contributed by atoms with Crippen LogP contribution in [0.2, 0.25) is 0 Å². The van der Waals surface area contributed by atoms with E-state index in [0.717, 1.165) is 0 Å². The molecule has 0 bridgehead atoms. The van der Waals surface area contributed by atoms with Gasteiger partial charge in [-0.15, -0.1) is 0 Å². The summed E-state index contributed by atoms with van der Waals surface area (Å²) >= 11 is 0. The number of rotatable bonds is 1. The van der Waals surface area contributed by atoms with Crippen LogP contribution in [0.4, 0.5) is 8.78 Å². The van der Waals surface area contributed by atoms with Crippen molar-refractivity contribution in [3.05, 3.63) is 0 Å². The lowest BCUT2D eigenvalue weighted by atomic mass is 9.73. The molecule has 0 spiro atoms. The van der Waals surface area contributed by atoms with Crippen LogP contribution in [0.25, 0.3) is 0 Å². The third-order valence-corrected chi connectivity index (χ3v) is 3.09. The summed E-state index contributed by atoms with van der Waals surface area (Å²) in [5, 5.41) is 0. The minimum absolute atomic E-state index is 0.0946. The first-order chi connectivity index (χ1) is 5.42. The van der Waals surface area contributed by atoms with Crippen LogP contribution in [0, 0.1) is 17.8 Å². The molecule has 2 unspecified atom stereocenters. The average Bonchev–Trinajstić information content (AvgIpc) is 1.94. The Hall–Kier alpha value is -0.140. The molecule has 1 rings (SSSR count). The molecule has 0 radical (unpaired) electrons. The summed E-state index contributed by atoms with van der Waals surface area (Å²) in [4.78, 5) is 0. The van der Waals surface area contributed by atoms with Gasteiger partial charge in [0.05, 0.1) is 0 Å². The largest absolute Gasteiger partial charge is 0.248 e. The second kappa shape index (κ2) is 3.31. The van der Waals surface area contributed by atoms with Crippen LogP contribution >= 0.6 is 0 Å². The van der Waals surface area contributed by atoms with Gasteiger partial charge >= 0.3 is 0 Å². The van der Waals surface area contributed by atoms with Gasteiger partial charge in [0.1, 0.15) is 0 Å². The molecule has 0 aliphatic heterocycles. The van der Waals surface area contributed by atoms with E-state index >= 15 is 0 Å². The van der Waals surface area contributed by atoms with E-state index in [1.807, 2.05) is 13.8 Å². The molecular weight excluding hydrogens is 158 g/mol. The fraction of sp³-hybridized carbons (Fsp3) is 1.00. The maximum Gasteiger partial charge on any atom is 0.248 e. The summed E-state index contributed by atoms with van der Waals surface area (Å²) in [6, 6.07) is 0. The van der Waals surface area contributed by atoms with Gasteiger partial charge in [-0.3, -0.25) is 0 Å². The molecule has 0 saturated heterocycles. The van der Waals surface area contributed by atoms with Crippen molar-refractivity contribution in [3.63, 3.8) is 0 Å². The van der Waals surface area contributed by atoms with Crippen molar-refractivity contribution in [3.8, 4) is 0 Å². The minimum atomic E-state index is -2.39. The van der Waals surface area contributed by atoms with Crippen LogP contribution in [0.1, 0.15) is 40.0 Å². The van der Waals surface area contributed by atoms with Crippen LogP contribution in [-0.2, 0) is 0 Å². The molecule has 2 atom stereocenters. The Labute approximate surface area is 73.3 Å². The van der Waals surface area contributed by atoms with Gasteiger partial charge in [-0.1, -0.05) is 20.8 Å². The predicted octanol–water partition coefficient (Wildman–Crippen LogP) is 3.71. The first kappa shape index (κ1) is 9.94. The first-order valence-electron chi connectivity index (χ1n) is 4.80. The van der Waals surface area contributed by atoms with E-state index in [1.165, 1.54) is 0 Å². The average molecular weight is 176 g/mol. The summed E-state index contributed by atoms with van der Waals surface area (Å²) < 4.78 is 26.0. The summed E-state index contributed by atoms with van der Waals surface area (Å²) in [5.41, 5.74) is 0. The van der Waals surface area contributed by atoms with Crippen molar-refractivity contribution in [2.24, 2.45) is 17.8 Å². The van der Waals surface area contributed by atoms with E-state index in [1.54, 1.807) is 0 Å². The lowest BCUT2D eigenvalue weighted by Crippen LogP contribution is -2.33. The Morgan fingerprint density at radius 2 is 1.92 bits per heavy atom. The molecule has 0 N–H and O–H groups in total. The fourth-order valence-corrected chi connectivity index (χ4v) is 2.19. The molecule has 0 aromatic heterocycles. The maximum absolute atomic E-state index is 13.0. The zero-order valence-electron chi connectivity index (χ0n) is 8.11. The molecule has 0 aromatic rings. The molecule has 2 heteroatoms. The second-order valence-corrected chi connectivity index (χ2v) is 4.48. The van der Waals surface area contributed by atoms with E-state index in [0.29, 0.717) is 18.3 Å². The summed E-state index contributed by atoms with van der Waals surface area (Å²) in [5.74, 6) is -1.30. The number of halogens is 2. The highest BCUT2D eigenvalue weighted by Crippen LogP contribution is 2.42. The van der Waals surface area contributed by atoms with Crippen molar-refractivity contribution < 1.29 is 8.78 Å². The molecule has 0 nitrogen and oxygen atoms in total. The highest BCUT2D eigenvalue weighted by atomic mass is 19.3.